The summed E-state index contributed by atoms with van der Waals surface area (Å²) in [5, 5.41) is 0. The van der Waals surface area contributed by atoms with E-state index in [0.29, 0.717) is 37.9 Å². The molecule has 5 heteroatoms. The molecule has 1 aliphatic carbocycles. The van der Waals surface area contributed by atoms with Crippen LogP contribution in [-0.2, 0) is 37.1 Å². The fourth-order valence-corrected chi connectivity index (χ4v) is 5.42. The molecule has 0 saturated heterocycles. The van der Waals surface area contributed by atoms with E-state index in [2.05, 4.69) is 0 Å². The van der Waals surface area contributed by atoms with Crippen LogP contribution in [-0.4, -0.2) is 17.7 Å². The van der Waals surface area contributed by atoms with E-state index in [9.17, 15) is 14.4 Å². The molecule has 1 saturated carbocycles. The maximum absolute atomic E-state index is 13.2. The second-order valence-electron chi connectivity index (χ2n) is 10.7. The molecule has 0 aliphatic heterocycles. The fourth-order valence-electron chi connectivity index (χ4n) is 5.42. The standard InChI is InChI=1S/C32H42O5/c1-4-11-30(33)27-17-19-29(32(35)37-22-25-14-9-6-10-15-25)26(20-27)16-18-28(23(2)3)31(34)36-21-24-12-7-5-8-13-24/h5-10,12-15,23,26-29H,4,11,16-22H2,1-3H3. The van der Waals surface area contributed by atoms with Gasteiger partial charge in [-0.25, -0.2) is 0 Å². The Kier molecular flexibility index (Phi) is 11.4. The van der Waals surface area contributed by atoms with E-state index in [4.69, 9.17) is 9.47 Å². The summed E-state index contributed by atoms with van der Waals surface area (Å²) < 4.78 is 11.4. The molecule has 0 N–H and O–H groups in total. The van der Waals surface area contributed by atoms with Crippen LogP contribution in [0.1, 0.15) is 76.8 Å². The number of ketones is 1. The van der Waals surface area contributed by atoms with Crippen molar-refractivity contribution in [1.29, 1.82) is 0 Å². The van der Waals surface area contributed by atoms with E-state index in [1.807, 2.05) is 81.4 Å². The first-order valence-electron chi connectivity index (χ1n) is 13.8. The maximum Gasteiger partial charge on any atom is 0.309 e. The molecule has 0 radical (unpaired) electrons. The SMILES string of the molecule is CCCC(=O)C1CCC(C(=O)OCc2ccccc2)C(CCC(C(=O)OCc2ccccc2)C(C)C)C1. The van der Waals surface area contributed by atoms with Crippen molar-refractivity contribution < 1.29 is 23.9 Å². The molecule has 0 aromatic heterocycles. The van der Waals surface area contributed by atoms with Crippen LogP contribution in [0.25, 0.3) is 0 Å². The van der Waals surface area contributed by atoms with E-state index >= 15 is 0 Å². The summed E-state index contributed by atoms with van der Waals surface area (Å²) in [5.74, 6) is -0.464. The highest BCUT2D eigenvalue weighted by Crippen LogP contribution is 2.40. The van der Waals surface area contributed by atoms with Crippen LogP contribution in [0.4, 0.5) is 0 Å². The zero-order valence-electron chi connectivity index (χ0n) is 22.6. The Morgan fingerprint density at radius 2 is 1.46 bits per heavy atom. The summed E-state index contributed by atoms with van der Waals surface area (Å²) >= 11 is 0. The highest BCUT2D eigenvalue weighted by atomic mass is 16.5. The minimum atomic E-state index is -0.253. The smallest absolute Gasteiger partial charge is 0.309 e. The van der Waals surface area contributed by atoms with Crippen LogP contribution < -0.4 is 0 Å². The van der Waals surface area contributed by atoms with Gasteiger partial charge in [0.15, 0.2) is 0 Å². The van der Waals surface area contributed by atoms with Crippen LogP contribution in [0.5, 0.6) is 0 Å². The van der Waals surface area contributed by atoms with Gasteiger partial charge in [0, 0.05) is 12.3 Å². The first-order chi connectivity index (χ1) is 17.9. The van der Waals surface area contributed by atoms with Gasteiger partial charge in [-0.15, -0.1) is 0 Å². The van der Waals surface area contributed by atoms with Crippen molar-refractivity contribution in [3.8, 4) is 0 Å². The van der Waals surface area contributed by atoms with Crippen LogP contribution in [0.2, 0.25) is 0 Å². The second-order valence-corrected chi connectivity index (χ2v) is 10.7. The first-order valence-corrected chi connectivity index (χ1v) is 13.8. The summed E-state index contributed by atoms with van der Waals surface area (Å²) in [6, 6.07) is 19.4. The summed E-state index contributed by atoms with van der Waals surface area (Å²) in [7, 11) is 0. The Morgan fingerprint density at radius 1 is 0.865 bits per heavy atom. The number of carbonyl (C=O) groups is 3. The lowest BCUT2D eigenvalue weighted by Crippen LogP contribution is -2.35. The number of ether oxygens (including phenoxy) is 2. The van der Waals surface area contributed by atoms with Gasteiger partial charge in [0.1, 0.15) is 19.0 Å². The first kappa shape index (κ1) is 28.6. The number of benzene rings is 2. The highest BCUT2D eigenvalue weighted by molar-refractivity contribution is 5.81. The van der Waals surface area contributed by atoms with Crippen molar-refractivity contribution in [2.45, 2.75) is 78.9 Å². The lowest BCUT2D eigenvalue weighted by molar-refractivity contribution is -0.155. The molecule has 3 rings (SSSR count). The molecule has 1 fully saturated rings. The summed E-state index contributed by atoms with van der Waals surface area (Å²) in [6.07, 6.45) is 4.83. The quantitative estimate of drug-likeness (QED) is 0.276. The minimum absolute atomic E-state index is 0.00865. The van der Waals surface area contributed by atoms with Crippen LogP contribution in [0.15, 0.2) is 60.7 Å². The van der Waals surface area contributed by atoms with Crippen LogP contribution in [0, 0.1) is 29.6 Å². The Bertz CT molecular complexity index is 985. The van der Waals surface area contributed by atoms with Gasteiger partial charge in [-0.3, -0.25) is 14.4 Å². The Labute approximate surface area is 221 Å². The van der Waals surface area contributed by atoms with Gasteiger partial charge in [-0.05, 0) is 61.5 Å². The van der Waals surface area contributed by atoms with Gasteiger partial charge in [0.05, 0.1) is 11.8 Å². The average Bonchev–Trinajstić information content (AvgIpc) is 2.91. The highest BCUT2D eigenvalue weighted by Gasteiger charge is 2.39. The van der Waals surface area contributed by atoms with Crippen molar-refractivity contribution in [2.24, 2.45) is 29.6 Å². The molecule has 1 aliphatic rings. The van der Waals surface area contributed by atoms with Gasteiger partial charge < -0.3 is 9.47 Å². The normalized spacial score (nSPS) is 20.3. The average molecular weight is 507 g/mol. The predicted molar refractivity (Wildman–Crippen MR) is 144 cm³/mol. The van der Waals surface area contributed by atoms with Crippen molar-refractivity contribution in [3.63, 3.8) is 0 Å². The molecule has 0 bridgehead atoms. The van der Waals surface area contributed by atoms with E-state index in [0.717, 1.165) is 24.0 Å². The van der Waals surface area contributed by atoms with E-state index in [1.54, 1.807) is 0 Å². The molecule has 0 amide bonds. The largest absolute Gasteiger partial charge is 0.461 e. The number of hydrogen-bond donors (Lipinski definition) is 0. The van der Waals surface area contributed by atoms with Crippen molar-refractivity contribution in [3.05, 3.63) is 71.8 Å². The Balaban J connectivity index is 1.64. The second kappa shape index (κ2) is 14.7. The molecule has 2 aromatic carbocycles. The van der Waals surface area contributed by atoms with Gasteiger partial charge in [-0.2, -0.15) is 0 Å². The third-order valence-electron chi connectivity index (χ3n) is 7.64. The molecule has 200 valence electrons. The molecule has 4 atom stereocenters. The van der Waals surface area contributed by atoms with Crippen molar-refractivity contribution in [2.75, 3.05) is 0 Å². The van der Waals surface area contributed by atoms with Crippen molar-refractivity contribution >= 4 is 17.7 Å². The molecule has 5 nitrogen and oxygen atoms in total. The molecular formula is C32H42O5. The molecule has 0 heterocycles. The van der Waals surface area contributed by atoms with Gasteiger partial charge in [-0.1, -0.05) is 81.4 Å². The minimum Gasteiger partial charge on any atom is -0.461 e. The third-order valence-corrected chi connectivity index (χ3v) is 7.64. The topological polar surface area (TPSA) is 69.7 Å². The van der Waals surface area contributed by atoms with Crippen molar-refractivity contribution in [1.82, 2.24) is 0 Å². The Hall–Kier alpha value is -2.95. The van der Waals surface area contributed by atoms with Crippen LogP contribution in [0.3, 0.4) is 0 Å². The number of esters is 2. The molecular weight excluding hydrogens is 464 g/mol. The van der Waals surface area contributed by atoms with E-state index in [1.165, 1.54) is 0 Å². The molecule has 37 heavy (non-hydrogen) atoms. The van der Waals surface area contributed by atoms with E-state index < -0.39 is 0 Å². The Morgan fingerprint density at radius 3 is 2.03 bits per heavy atom. The molecule has 0 spiro atoms. The number of rotatable bonds is 13. The number of hydrogen-bond acceptors (Lipinski definition) is 5. The van der Waals surface area contributed by atoms with Crippen LogP contribution >= 0.6 is 0 Å². The van der Waals surface area contributed by atoms with E-state index in [-0.39, 0.29) is 54.7 Å². The fraction of sp³-hybridized carbons (Fsp3) is 0.531. The predicted octanol–water partition coefficient (Wildman–Crippen LogP) is 6.93. The van der Waals surface area contributed by atoms with Gasteiger partial charge in [0.25, 0.3) is 0 Å². The maximum atomic E-state index is 13.2. The third kappa shape index (κ3) is 8.84. The van der Waals surface area contributed by atoms with Gasteiger partial charge >= 0.3 is 11.9 Å². The summed E-state index contributed by atoms with van der Waals surface area (Å²) in [6.45, 7) is 6.61. The summed E-state index contributed by atoms with van der Waals surface area (Å²) in [5.41, 5.74) is 1.92. The van der Waals surface area contributed by atoms with Gasteiger partial charge in [0.2, 0.25) is 0 Å². The lowest BCUT2D eigenvalue weighted by Gasteiger charge is -2.35. The lowest BCUT2D eigenvalue weighted by atomic mass is 9.69. The number of carbonyl (C=O) groups excluding carboxylic acids is 3. The summed E-state index contributed by atoms with van der Waals surface area (Å²) in [4.78, 5) is 38.9. The number of Topliss-reactive ketones (excluding diaryl/α,β-unsaturated/α-hetero) is 1. The molecule has 4 unspecified atom stereocenters. The molecule has 2 aromatic rings. The zero-order valence-corrected chi connectivity index (χ0v) is 22.6. The zero-order chi connectivity index (χ0) is 26.6. The monoisotopic (exact) mass is 506 g/mol.